The molecule has 0 aromatic heterocycles. The van der Waals surface area contributed by atoms with Crippen LogP contribution in [0, 0.1) is 13.8 Å². The molecule has 0 fully saturated rings. The van der Waals surface area contributed by atoms with Crippen molar-refractivity contribution in [3.8, 4) is 0 Å². The van der Waals surface area contributed by atoms with Crippen LogP contribution in [0.2, 0.25) is 0 Å². The molecular formula is C17H24N4O. The Morgan fingerprint density at radius 3 is 2.73 bits per heavy atom. The van der Waals surface area contributed by atoms with Gasteiger partial charge in [0, 0.05) is 5.69 Å². The highest BCUT2D eigenvalue weighted by atomic mass is 16.2. The number of hydrogen-bond acceptors (Lipinski definition) is 2. The number of benzene rings is 1. The third kappa shape index (κ3) is 4.62. The molecule has 0 saturated carbocycles. The molecule has 5 nitrogen and oxygen atoms in total. The lowest BCUT2D eigenvalue weighted by Gasteiger charge is -2.13. The smallest absolute Gasteiger partial charge is 0.326 e. The molecule has 1 aliphatic carbocycles. The van der Waals surface area contributed by atoms with Gasteiger partial charge in [-0.05, 0) is 44.2 Å². The minimum atomic E-state index is -0.365. The van der Waals surface area contributed by atoms with Gasteiger partial charge < -0.3 is 11.1 Å². The Bertz CT molecular complexity index is 572. The fourth-order valence-electron chi connectivity index (χ4n) is 2.56. The van der Waals surface area contributed by atoms with E-state index in [0.717, 1.165) is 36.1 Å². The molecule has 118 valence electrons. The Morgan fingerprint density at radius 1 is 1.27 bits per heavy atom. The van der Waals surface area contributed by atoms with Gasteiger partial charge in [0.15, 0.2) is 5.96 Å². The molecule has 0 bridgehead atoms. The molecule has 5 heteroatoms. The summed E-state index contributed by atoms with van der Waals surface area (Å²) in [5.74, 6) is 0.153. The summed E-state index contributed by atoms with van der Waals surface area (Å²) in [4.78, 5) is 16.4. The van der Waals surface area contributed by atoms with Gasteiger partial charge in [-0.1, -0.05) is 36.8 Å². The van der Waals surface area contributed by atoms with Crippen molar-refractivity contribution in [1.82, 2.24) is 5.32 Å². The molecule has 2 amide bonds. The van der Waals surface area contributed by atoms with Crippen LogP contribution in [-0.2, 0) is 0 Å². The van der Waals surface area contributed by atoms with Crippen LogP contribution >= 0.6 is 0 Å². The number of urea groups is 1. The van der Waals surface area contributed by atoms with Crippen molar-refractivity contribution in [3.63, 3.8) is 0 Å². The SMILES string of the molecule is Cc1cccc(C)c1NC(=O)NC(N)=NC1C=CCCCC1. The van der Waals surface area contributed by atoms with E-state index in [0.29, 0.717) is 0 Å². The first-order valence-corrected chi connectivity index (χ1v) is 7.70. The van der Waals surface area contributed by atoms with Crippen molar-refractivity contribution in [2.75, 3.05) is 5.32 Å². The summed E-state index contributed by atoms with van der Waals surface area (Å²) < 4.78 is 0. The van der Waals surface area contributed by atoms with E-state index in [9.17, 15) is 4.79 Å². The maximum absolute atomic E-state index is 12.0. The Morgan fingerprint density at radius 2 is 2.00 bits per heavy atom. The monoisotopic (exact) mass is 300 g/mol. The molecule has 22 heavy (non-hydrogen) atoms. The van der Waals surface area contributed by atoms with Crippen LogP contribution in [0.15, 0.2) is 35.3 Å². The van der Waals surface area contributed by atoms with E-state index in [1.807, 2.05) is 32.0 Å². The molecule has 0 spiro atoms. The maximum Gasteiger partial charge on any atom is 0.326 e. The summed E-state index contributed by atoms with van der Waals surface area (Å²) in [5.41, 5.74) is 8.66. The first-order valence-electron chi connectivity index (χ1n) is 7.70. The topological polar surface area (TPSA) is 79.5 Å². The standard InChI is InChI=1S/C17H24N4O/c1-12-8-7-9-13(2)15(12)20-17(22)21-16(18)19-14-10-5-3-4-6-11-14/h5,7-10,14H,3-4,6,11H2,1-2H3,(H4,18,19,20,21,22). The second-order valence-corrected chi connectivity index (χ2v) is 5.64. The number of amides is 2. The van der Waals surface area contributed by atoms with Gasteiger partial charge in [-0.2, -0.15) is 0 Å². The van der Waals surface area contributed by atoms with E-state index < -0.39 is 0 Å². The van der Waals surface area contributed by atoms with Crippen molar-refractivity contribution in [3.05, 3.63) is 41.5 Å². The summed E-state index contributed by atoms with van der Waals surface area (Å²) in [6, 6.07) is 5.56. The third-order valence-corrected chi connectivity index (χ3v) is 3.75. The third-order valence-electron chi connectivity index (χ3n) is 3.75. The number of nitrogens with one attached hydrogen (secondary N) is 2. The number of anilines is 1. The number of carbonyl (C=O) groups is 1. The quantitative estimate of drug-likeness (QED) is 0.445. The van der Waals surface area contributed by atoms with Gasteiger partial charge in [0.05, 0.1) is 6.04 Å². The normalized spacial score (nSPS) is 18.6. The number of aliphatic imine (C=N–C) groups is 1. The van der Waals surface area contributed by atoms with Crippen LogP contribution in [-0.4, -0.2) is 18.0 Å². The molecule has 1 aromatic carbocycles. The number of carbonyl (C=O) groups excluding carboxylic acids is 1. The molecule has 2 rings (SSSR count). The van der Waals surface area contributed by atoms with Crippen LogP contribution < -0.4 is 16.4 Å². The summed E-state index contributed by atoms with van der Waals surface area (Å²) in [5, 5.41) is 5.42. The minimum absolute atomic E-state index is 0.0583. The molecule has 0 saturated heterocycles. The Hall–Kier alpha value is -2.30. The van der Waals surface area contributed by atoms with Crippen molar-refractivity contribution >= 4 is 17.7 Å². The fourth-order valence-corrected chi connectivity index (χ4v) is 2.56. The van der Waals surface area contributed by atoms with Gasteiger partial charge in [-0.25, -0.2) is 9.79 Å². The van der Waals surface area contributed by atoms with Crippen LogP contribution in [0.1, 0.15) is 36.8 Å². The molecule has 1 atom stereocenters. The molecule has 1 unspecified atom stereocenters. The second-order valence-electron chi connectivity index (χ2n) is 5.64. The number of para-hydroxylation sites is 1. The number of nitrogens with zero attached hydrogens (tertiary/aromatic N) is 1. The second kappa shape index (κ2) is 7.64. The zero-order chi connectivity index (χ0) is 15.9. The molecule has 4 N–H and O–H groups in total. The predicted molar refractivity (Wildman–Crippen MR) is 91.1 cm³/mol. The number of nitrogens with two attached hydrogens (primary N) is 1. The van der Waals surface area contributed by atoms with Crippen LogP contribution in [0.4, 0.5) is 10.5 Å². The predicted octanol–water partition coefficient (Wildman–Crippen LogP) is 3.24. The van der Waals surface area contributed by atoms with Crippen LogP contribution in [0.5, 0.6) is 0 Å². The summed E-state index contributed by atoms with van der Waals surface area (Å²) in [6.45, 7) is 3.91. The van der Waals surface area contributed by atoms with Crippen molar-refractivity contribution in [2.24, 2.45) is 10.7 Å². The first-order chi connectivity index (χ1) is 10.6. The minimum Gasteiger partial charge on any atom is -0.370 e. The van der Waals surface area contributed by atoms with E-state index in [-0.39, 0.29) is 18.0 Å². The van der Waals surface area contributed by atoms with Gasteiger partial charge in [-0.3, -0.25) is 5.32 Å². The largest absolute Gasteiger partial charge is 0.370 e. The molecular weight excluding hydrogens is 276 g/mol. The van der Waals surface area contributed by atoms with Gasteiger partial charge >= 0.3 is 6.03 Å². The van der Waals surface area contributed by atoms with Crippen molar-refractivity contribution in [1.29, 1.82) is 0 Å². The Balaban J connectivity index is 1.96. The number of hydrogen-bond donors (Lipinski definition) is 3. The lowest BCUT2D eigenvalue weighted by atomic mass is 10.1. The first kappa shape index (κ1) is 16.1. The highest BCUT2D eigenvalue weighted by Crippen LogP contribution is 2.19. The average molecular weight is 300 g/mol. The van der Waals surface area contributed by atoms with Crippen LogP contribution in [0.25, 0.3) is 0 Å². The van der Waals surface area contributed by atoms with Gasteiger partial charge in [-0.15, -0.1) is 0 Å². The lowest BCUT2D eigenvalue weighted by Crippen LogP contribution is -2.40. The van der Waals surface area contributed by atoms with Gasteiger partial charge in [0.25, 0.3) is 0 Å². The van der Waals surface area contributed by atoms with Gasteiger partial charge in [0.1, 0.15) is 0 Å². The highest BCUT2D eigenvalue weighted by molar-refractivity contribution is 6.02. The fraction of sp³-hybridized carbons (Fsp3) is 0.412. The molecule has 1 aromatic rings. The molecule has 0 aliphatic heterocycles. The van der Waals surface area contributed by atoms with E-state index in [1.54, 1.807) is 0 Å². The maximum atomic E-state index is 12.0. The zero-order valence-corrected chi connectivity index (χ0v) is 13.2. The van der Waals surface area contributed by atoms with Crippen molar-refractivity contribution in [2.45, 2.75) is 45.6 Å². The van der Waals surface area contributed by atoms with E-state index >= 15 is 0 Å². The summed E-state index contributed by atoms with van der Waals surface area (Å²) in [7, 11) is 0. The van der Waals surface area contributed by atoms with Gasteiger partial charge in [0.2, 0.25) is 0 Å². The van der Waals surface area contributed by atoms with Crippen LogP contribution in [0.3, 0.4) is 0 Å². The highest BCUT2D eigenvalue weighted by Gasteiger charge is 2.10. The molecule has 0 heterocycles. The summed E-state index contributed by atoms with van der Waals surface area (Å²) >= 11 is 0. The average Bonchev–Trinajstić information content (AvgIpc) is 2.71. The van der Waals surface area contributed by atoms with E-state index in [4.69, 9.17) is 5.73 Å². The Labute approximate surface area is 131 Å². The molecule has 0 radical (unpaired) electrons. The number of guanidine groups is 1. The van der Waals surface area contributed by atoms with Crippen molar-refractivity contribution < 1.29 is 4.79 Å². The summed E-state index contributed by atoms with van der Waals surface area (Å²) in [6.07, 6.45) is 8.56. The number of aryl methyl sites for hydroxylation is 2. The van der Waals surface area contributed by atoms with E-state index in [2.05, 4.69) is 27.8 Å². The number of rotatable bonds is 2. The lowest BCUT2D eigenvalue weighted by molar-refractivity contribution is 0.256. The number of allylic oxidation sites excluding steroid dienone is 1. The zero-order valence-electron chi connectivity index (χ0n) is 13.2. The molecule has 1 aliphatic rings. The van der Waals surface area contributed by atoms with E-state index in [1.165, 1.54) is 6.42 Å². The Kier molecular flexibility index (Phi) is 5.58.